The number of para-hydroxylation sites is 1. The van der Waals surface area contributed by atoms with E-state index in [9.17, 15) is 0 Å². The van der Waals surface area contributed by atoms with Gasteiger partial charge in [-0.15, -0.1) is 35.7 Å². The molecule has 6 heteroatoms. The van der Waals surface area contributed by atoms with Crippen molar-refractivity contribution in [2.75, 3.05) is 0 Å². The second kappa shape index (κ2) is 14.4. The topological polar surface area (TPSA) is 44.9 Å². The van der Waals surface area contributed by atoms with Crippen molar-refractivity contribution in [3.05, 3.63) is 131 Å². The van der Waals surface area contributed by atoms with Crippen LogP contribution >= 0.6 is 0 Å². The molecular weight excluding hydrogens is 832 g/mol. The van der Waals surface area contributed by atoms with Gasteiger partial charge in [0, 0.05) is 28.8 Å². The standard InChI is InChI=1S/C47H50N4O.Pt/c1-29(2)44-43(32-24-33(46(6,7)8)26-34(25-32)47(9,10)11)45(30(3)4)51(49-44)35-15-14-16-36(27-35)52-37-19-20-39-38-17-12-13-18-40(38)50(41(39)28-37)42-23-31(5)21-22-48-42;/h12-26,29-30H,1-11H3;/q-2;+2. The summed E-state index contributed by atoms with van der Waals surface area (Å²) in [4.78, 5) is 4.73. The molecule has 0 N–H and O–H groups in total. The van der Waals surface area contributed by atoms with Gasteiger partial charge in [-0.05, 0) is 81.1 Å². The minimum Gasteiger partial charge on any atom is -0.509 e. The van der Waals surface area contributed by atoms with Gasteiger partial charge in [-0.25, -0.2) is 4.98 Å². The van der Waals surface area contributed by atoms with Crippen LogP contribution in [0.5, 0.6) is 11.5 Å². The van der Waals surface area contributed by atoms with Gasteiger partial charge in [-0.3, -0.25) is 4.68 Å². The van der Waals surface area contributed by atoms with E-state index in [-0.39, 0.29) is 43.7 Å². The Morgan fingerprint density at radius 3 is 2.02 bits per heavy atom. The summed E-state index contributed by atoms with van der Waals surface area (Å²) >= 11 is 0. The van der Waals surface area contributed by atoms with Crippen molar-refractivity contribution in [2.24, 2.45) is 0 Å². The number of hydrogen-bond acceptors (Lipinski definition) is 3. The first-order valence-corrected chi connectivity index (χ1v) is 18.5. The maximum absolute atomic E-state index is 6.55. The van der Waals surface area contributed by atoms with E-state index in [1.54, 1.807) is 0 Å². The Hall–Kier alpha value is -4.47. The molecule has 0 radical (unpaired) electrons. The third-order valence-corrected chi connectivity index (χ3v) is 9.88. The molecule has 3 aromatic heterocycles. The van der Waals surface area contributed by atoms with Crippen LogP contribution < -0.4 is 4.74 Å². The van der Waals surface area contributed by atoms with Crippen LogP contribution in [0.1, 0.15) is 109 Å². The minimum atomic E-state index is 0. The number of benzene rings is 4. The number of pyridine rings is 1. The predicted octanol–water partition coefficient (Wildman–Crippen LogP) is 12.6. The SMILES string of the molecule is Cc1ccnc(-n2c3[c-]c(Oc4[c-]c(-n5nc(C(C)C)c(-c6cc(C(C)(C)C)cc(C(C)(C)C)c6)c5C(C)C)ccc4)ccc3c3ccccc32)c1.[Pt+2]. The van der Waals surface area contributed by atoms with Crippen molar-refractivity contribution in [1.29, 1.82) is 0 Å². The second-order valence-corrected chi connectivity index (χ2v) is 16.8. The van der Waals surface area contributed by atoms with Crippen LogP contribution in [-0.4, -0.2) is 19.3 Å². The molecule has 3 heterocycles. The molecule has 0 saturated carbocycles. The normalized spacial score (nSPS) is 12.2. The van der Waals surface area contributed by atoms with E-state index in [1.165, 1.54) is 27.9 Å². The average Bonchev–Trinajstić information content (AvgIpc) is 3.65. The van der Waals surface area contributed by atoms with E-state index in [4.69, 9.17) is 14.8 Å². The molecule has 0 saturated heterocycles. The molecule has 0 atom stereocenters. The molecular formula is C47H50N4OPt. The smallest absolute Gasteiger partial charge is 0.509 e. The molecule has 53 heavy (non-hydrogen) atoms. The van der Waals surface area contributed by atoms with E-state index in [0.29, 0.717) is 11.5 Å². The zero-order valence-corrected chi connectivity index (χ0v) is 35.1. The summed E-state index contributed by atoms with van der Waals surface area (Å²) < 4.78 is 10.8. The van der Waals surface area contributed by atoms with Gasteiger partial charge in [0.25, 0.3) is 0 Å². The van der Waals surface area contributed by atoms with Gasteiger partial charge >= 0.3 is 21.1 Å². The van der Waals surface area contributed by atoms with Crippen LogP contribution in [0, 0.1) is 19.1 Å². The summed E-state index contributed by atoms with van der Waals surface area (Å²) in [6.45, 7) is 24.8. The predicted molar refractivity (Wildman–Crippen MR) is 216 cm³/mol. The fourth-order valence-corrected chi connectivity index (χ4v) is 7.06. The second-order valence-electron chi connectivity index (χ2n) is 16.8. The maximum Gasteiger partial charge on any atom is 2.00 e. The van der Waals surface area contributed by atoms with Crippen molar-refractivity contribution >= 4 is 21.8 Å². The molecule has 0 aliphatic rings. The van der Waals surface area contributed by atoms with E-state index < -0.39 is 0 Å². The van der Waals surface area contributed by atoms with Gasteiger partial charge in [0.15, 0.2) is 0 Å². The fourth-order valence-electron chi connectivity index (χ4n) is 7.06. The van der Waals surface area contributed by atoms with Crippen LogP contribution in [-0.2, 0) is 31.9 Å². The summed E-state index contributed by atoms with van der Waals surface area (Å²) in [5.74, 6) is 2.50. The summed E-state index contributed by atoms with van der Waals surface area (Å²) in [7, 11) is 0. The number of nitrogens with zero attached hydrogens (tertiary/aromatic N) is 4. The number of aromatic nitrogens is 4. The van der Waals surface area contributed by atoms with Crippen LogP contribution in [0.4, 0.5) is 0 Å². The maximum atomic E-state index is 6.55. The largest absolute Gasteiger partial charge is 2.00 e. The Bertz CT molecular complexity index is 2400. The van der Waals surface area contributed by atoms with Gasteiger partial charge in [0.1, 0.15) is 5.82 Å². The monoisotopic (exact) mass is 881 g/mol. The summed E-state index contributed by atoms with van der Waals surface area (Å²) in [5, 5.41) is 7.59. The van der Waals surface area contributed by atoms with E-state index in [0.717, 1.165) is 44.6 Å². The first-order valence-electron chi connectivity index (χ1n) is 18.5. The molecule has 0 bridgehead atoms. The van der Waals surface area contributed by atoms with E-state index >= 15 is 0 Å². The molecule has 0 unspecified atom stereocenters. The molecule has 0 fully saturated rings. The number of ether oxygens (including phenoxy) is 1. The fraction of sp³-hybridized carbons (Fsp3) is 0.319. The molecule has 0 amide bonds. The molecule has 7 rings (SSSR count). The summed E-state index contributed by atoms with van der Waals surface area (Å²) in [6.07, 6.45) is 1.85. The van der Waals surface area contributed by atoms with Gasteiger partial charge < -0.3 is 9.30 Å². The van der Waals surface area contributed by atoms with Crippen molar-refractivity contribution < 1.29 is 25.8 Å². The molecule has 7 aromatic rings. The summed E-state index contributed by atoms with van der Waals surface area (Å²) in [5.41, 5.74) is 11.4. The Morgan fingerprint density at radius 2 is 1.38 bits per heavy atom. The Kier molecular flexibility index (Phi) is 10.4. The minimum absolute atomic E-state index is 0. The number of hydrogen-bond donors (Lipinski definition) is 0. The van der Waals surface area contributed by atoms with Crippen LogP contribution in [0.2, 0.25) is 0 Å². The first-order chi connectivity index (χ1) is 24.6. The van der Waals surface area contributed by atoms with Crippen molar-refractivity contribution in [1.82, 2.24) is 19.3 Å². The summed E-state index contributed by atoms with van der Waals surface area (Å²) in [6, 6.07) is 37.0. The number of rotatable bonds is 7. The van der Waals surface area contributed by atoms with Gasteiger partial charge in [-0.1, -0.05) is 111 Å². The molecule has 0 aliphatic heterocycles. The van der Waals surface area contributed by atoms with Gasteiger partial charge in [0.2, 0.25) is 0 Å². The average molecular weight is 882 g/mol. The van der Waals surface area contributed by atoms with Crippen LogP contribution in [0.15, 0.2) is 91.1 Å². The number of fused-ring (bicyclic) bond motifs is 3. The molecule has 5 nitrogen and oxygen atoms in total. The Morgan fingerprint density at radius 1 is 0.698 bits per heavy atom. The van der Waals surface area contributed by atoms with Crippen molar-refractivity contribution in [3.63, 3.8) is 0 Å². The van der Waals surface area contributed by atoms with E-state index in [1.807, 2.05) is 30.5 Å². The molecule has 0 spiro atoms. The van der Waals surface area contributed by atoms with Gasteiger partial charge in [-0.2, -0.15) is 17.2 Å². The molecule has 0 aliphatic carbocycles. The third kappa shape index (κ3) is 7.38. The van der Waals surface area contributed by atoms with E-state index in [2.05, 4.69) is 158 Å². The Balaban J connectivity index is 0.00000481. The Labute approximate surface area is 329 Å². The first kappa shape index (κ1) is 38.3. The van der Waals surface area contributed by atoms with Crippen molar-refractivity contribution in [3.8, 4) is 34.1 Å². The zero-order chi connectivity index (χ0) is 37.1. The van der Waals surface area contributed by atoms with Crippen LogP contribution in [0.3, 0.4) is 0 Å². The zero-order valence-electron chi connectivity index (χ0n) is 32.8. The van der Waals surface area contributed by atoms with Crippen LogP contribution in [0.25, 0.3) is 44.4 Å². The number of aryl methyl sites for hydroxylation is 1. The molecule has 274 valence electrons. The van der Waals surface area contributed by atoms with Gasteiger partial charge in [0.05, 0.1) is 11.4 Å². The quantitative estimate of drug-likeness (QED) is 0.150. The molecule has 4 aromatic carbocycles. The third-order valence-electron chi connectivity index (χ3n) is 9.88. The van der Waals surface area contributed by atoms with Crippen molar-refractivity contribution in [2.45, 2.75) is 98.8 Å².